The average Bonchev–Trinajstić information content (AvgIpc) is 2.17. The van der Waals surface area contributed by atoms with E-state index < -0.39 is 18.6 Å². The predicted molar refractivity (Wildman–Crippen MR) is 63.5 cm³/mol. The zero-order valence-electron chi connectivity index (χ0n) is 10.1. The molecular weight excluding hydrogens is 228 g/mol. The number of nitrogen functional groups attached to an aromatic ring is 1. The summed E-state index contributed by atoms with van der Waals surface area (Å²) in [5.41, 5.74) is 5.62. The second-order valence-corrected chi connectivity index (χ2v) is 4.58. The van der Waals surface area contributed by atoms with E-state index >= 15 is 0 Å². The number of anilines is 2. The van der Waals surface area contributed by atoms with Crippen molar-refractivity contribution in [2.75, 3.05) is 17.6 Å². The molecule has 17 heavy (non-hydrogen) atoms. The van der Waals surface area contributed by atoms with Crippen molar-refractivity contribution in [3.05, 3.63) is 12.1 Å². The van der Waals surface area contributed by atoms with Crippen LogP contribution in [0.15, 0.2) is 12.1 Å². The number of nitrogens with zero attached hydrogens (tertiary/aromatic N) is 1. The SMILES string of the molecule is CC(C)(C)Oc1nc(NCC(F)F)ccc1N. The van der Waals surface area contributed by atoms with E-state index in [1.807, 2.05) is 20.8 Å². The molecule has 0 aliphatic rings. The number of ether oxygens (including phenoxy) is 1. The number of hydrogen-bond donors (Lipinski definition) is 2. The molecule has 0 saturated carbocycles. The van der Waals surface area contributed by atoms with Crippen molar-refractivity contribution in [3.8, 4) is 5.88 Å². The third kappa shape index (κ3) is 4.84. The second kappa shape index (κ2) is 5.16. The molecule has 0 radical (unpaired) electrons. The van der Waals surface area contributed by atoms with Gasteiger partial charge in [0.2, 0.25) is 5.88 Å². The summed E-state index contributed by atoms with van der Waals surface area (Å²) in [5, 5.41) is 2.50. The second-order valence-electron chi connectivity index (χ2n) is 4.58. The van der Waals surface area contributed by atoms with Crippen molar-refractivity contribution in [1.29, 1.82) is 0 Å². The largest absolute Gasteiger partial charge is 0.470 e. The highest BCUT2D eigenvalue weighted by Gasteiger charge is 2.15. The van der Waals surface area contributed by atoms with E-state index in [1.54, 1.807) is 6.07 Å². The van der Waals surface area contributed by atoms with Crippen LogP contribution in [0.5, 0.6) is 5.88 Å². The van der Waals surface area contributed by atoms with Crippen LogP contribution in [0.25, 0.3) is 0 Å². The molecule has 96 valence electrons. The Balaban J connectivity index is 2.79. The van der Waals surface area contributed by atoms with Crippen LogP contribution in [0.2, 0.25) is 0 Å². The summed E-state index contributed by atoms with van der Waals surface area (Å²) in [6.07, 6.45) is -2.43. The molecule has 0 saturated heterocycles. The van der Waals surface area contributed by atoms with Gasteiger partial charge >= 0.3 is 0 Å². The first-order valence-electron chi connectivity index (χ1n) is 5.25. The van der Waals surface area contributed by atoms with Gasteiger partial charge in [-0.15, -0.1) is 0 Å². The highest BCUT2D eigenvalue weighted by Crippen LogP contribution is 2.24. The monoisotopic (exact) mass is 245 g/mol. The van der Waals surface area contributed by atoms with Gasteiger partial charge in [-0.1, -0.05) is 0 Å². The Kier molecular flexibility index (Phi) is 4.09. The summed E-state index contributed by atoms with van der Waals surface area (Å²) in [6.45, 7) is 5.11. The summed E-state index contributed by atoms with van der Waals surface area (Å²) >= 11 is 0. The first kappa shape index (κ1) is 13.5. The van der Waals surface area contributed by atoms with Gasteiger partial charge in [-0.2, -0.15) is 4.98 Å². The molecule has 0 fully saturated rings. The molecule has 6 heteroatoms. The van der Waals surface area contributed by atoms with E-state index in [0.717, 1.165) is 0 Å². The number of pyridine rings is 1. The third-order valence-electron chi connectivity index (χ3n) is 1.73. The van der Waals surface area contributed by atoms with E-state index in [1.165, 1.54) is 6.07 Å². The van der Waals surface area contributed by atoms with Gasteiger partial charge in [0.15, 0.2) is 0 Å². The molecule has 0 atom stereocenters. The summed E-state index contributed by atoms with van der Waals surface area (Å²) in [4.78, 5) is 4.04. The lowest BCUT2D eigenvalue weighted by molar-refractivity contribution is 0.125. The minimum absolute atomic E-state index is 0.247. The number of halogens is 2. The van der Waals surface area contributed by atoms with E-state index in [0.29, 0.717) is 11.5 Å². The molecule has 1 aromatic rings. The maximum Gasteiger partial charge on any atom is 0.255 e. The van der Waals surface area contributed by atoms with Gasteiger partial charge in [0.05, 0.1) is 12.2 Å². The summed E-state index contributed by atoms with van der Waals surface area (Å²) in [7, 11) is 0. The van der Waals surface area contributed by atoms with Crippen molar-refractivity contribution in [1.82, 2.24) is 4.98 Å². The summed E-state index contributed by atoms with van der Waals surface area (Å²) in [5.74, 6) is 0.565. The number of nitrogens with two attached hydrogens (primary N) is 1. The smallest absolute Gasteiger partial charge is 0.255 e. The zero-order valence-corrected chi connectivity index (χ0v) is 10.1. The number of alkyl halides is 2. The van der Waals surface area contributed by atoms with Gasteiger partial charge in [-0.25, -0.2) is 8.78 Å². The Morgan fingerprint density at radius 1 is 1.41 bits per heavy atom. The number of aromatic nitrogens is 1. The highest BCUT2D eigenvalue weighted by atomic mass is 19.3. The van der Waals surface area contributed by atoms with Gasteiger partial charge in [0.1, 0.15) is 11.4 Å². The van der Waals surface area contributed by atoms with Crippen molar-refractivity contribution in [3.63, 3.8) is 0 Å². The molecule has 0 unspecified atom stereocenters. The zero-order chi connectivity index (χ0) is 13.1. The molecule has 3 N–H and O–H groups in total. The molecule has 0 aliphatic heterocycles. The molecular formula is C11H17F2N3O. The highest BCUT2D eigenvalue weighted by molar-refractivity contribution is 5.53. The topological polar surface area (TPSA) is 60.2 Å². The predicted octanol–water partition coefficient (Wildman–Crippen LogP) is 2.52. The van der Waals surface area contributed by atoms with Crippen LogP contribution in [-0.4, -0.2) is 23.6 Å². The van der Waals surface area contributed by atoms with Crippen LogP contribution in [0, 0.1) is 0 Å². The molecule has 1 rings (SSSR count). The maximum atomic E-state index is 12.0. The molecule has 1 heterocycles. The minimum Gasteiger partial charge on any atom is -0.470 e. The Morgan fingerprint density at radius 2 is 2.06 bits per heavy atom. The van der Waals surface area contributed by atoms with E-state index in [9.17, 15) is 8.78 Å². The van der Waals surface area contributed by atoms with Crippen LogP contribution < -0.4 is 15.8 Å². The lowest BCUT2D eigenvalue weighted by Gasteiger charge is -2.21. The normalized spacial score (nSPS) is 11.6. The molecule has 0 amide bonds. The van der Waals surface area contributed by atoms with E-state index in [4.69, 9.17) is 10.5 Å². The Morgan fingerprint density at radius 3 is 2.59 bits per heavy atom. The van der Waals surface area contributed by atoms with Gasteiger partial charge < -0.3 is 15.8 Å². The molecule has 0 bridgehead atoms. The van der Waals surface area contributed by atoms with Crippen LogP contribution in [0.1, 0.15) is 20.8 Å². The van der Waals surface area contributed by atoms with E-state index in [-0.39, 0.29) is 5.88 Å². The Bertz CT molecular complexity index is 377. The lowest BCUT2D eigenvalue weighted by Crippen LogP contribution is -2.24. The average molecular weight is 245 g/mol. The first-order chi connectivity index (χ1) is 7.78. The lowest BCUT2D eigenvalue weighted by atomic mass is 10.2. The molecule has 1 aromatic heterocycles. The molecule has 0 spiro atoms. The fourth-order valence-corrected chi connectivity index (χ4v) is 1.10. The number of hydrogen-bond acceptors (Lipinski definition) is 4. The van der Waals surface area contributed by atoms with Gasteiger partial charge in [0, 0.05) is 0 Å². The molecule has 4 nitrogen and oxygen atoms in total. The van der Waals surface area contributed by atoms with Crippen LogP contribution in [0.3, 0.4) is 0 Å². The quantitative estimate of drug-likeness (QED) is 0.855. The fourth-order valence-electron chi connectivity index (χ4n) is 1.10. The van der Waals surface area contributed by atoms with Crippen LogP contribution >= 0.6 is 0 Å². The van der Waals surface area contributed by atoms with Gasteiger partial charge in [-0.05, 0) is 32.9 Å². The van der Waals surface area contributed by atoms with Crippen LogP contribution in [-0.2, 0) is 0 Å². The number of nitrogens with one attached hydrogen (secondary N) is 1. The fraction of sp³-hybridized carbons (Fsp3) is 0.545. The van der Waals surface area contributed by atoms with Crippen molar-refractivity contribution in [2.45, 2.75) is 32.8 Å². The first-order valence-corrected chi connectivity index (χ1v) is 5.25. The van der Waals surface area contributed by atoms with Gasteiger partial charge in [0.25, 0.3) is 6.43 Å². The Labute approximate surface area is 99.2 Å². The minimum atomic E-state index is -2.43. The standard InChI is InChI=1S/C11H17F2N3O/c1-11(2,3)17-10-7(14)4-5-9(16-10)15-6-8(12)13/h4-5,8H,6,14H2,1-3H3,(H,15,16). The summed E-state index contributed by atoms with van der Waals surface area (Å²) in [6, 6.07) is 3.11. The van der Waals surface area contributed by atoms with Crippen molar-refractivity contribution >= 4 is 11.5 Å². The van der Waals surface area contributed by atoms with Crippen LogP contribution in [0.4, 0.5) is 20.3 Å². The van der Waals surface area contributed by atoms with E-state index in [2.05, 4.69) is 10.3 Å². The van der Waals surface area contributed by atoms with Crippen molar-refractivity contribution in [2.24, 2.45) is 0 Å². The summed E-state index contributed by atoms with van der Waals surface area (Å²) < 4.78 is 29.6. The Hall–Kier alpha value is -1.59. The van der Waals surface area contributed by atoms with Crippen molar-refractivity contribution < 1.29 is 13.5 Å². The van der Waals surface area contributed by atoms with Gasteiger partial charge in [-0.3, -0.25) is 0 Å². The maximum absolute atomic E-state index is 12.0. The number of rotatable bonds is 4. The third-order valence-corrected chi connectivity index (χ3v) is 1.73. The molecule has 0 aromatic carbocycles. The molecule has 0 aliphatic carbocycles.